The summed E-state index contributed by atoms with van der Waals surface area (Å²) in [7, 11) is 1.82. The second kappa shape index (κ2) is 10.2. The smallest absolute Gasteiger partial charge is 0.280 e. The van der Waals surface area contributed by atoms with Crippen LogP contribution in [0, 0.1) is 12.8 Å². The highest BCUT2D eigenvalue weighted by Crippen LogP contribution is 2.35. The van der Waals surface area contributed by atoms with Crippen molar-refractivity contribution in [3.63, 3.8) is 0 Å². The van der Waals surface area contributed by atoms with Crippen LogP contribution in [0.15, 0.2) is 23.1 Å². The van der Waals surface area contributed by atoms with Crippen molar-refractivity contribution < 1.29 is 18.4 Å². The molecule has 3 aromatic rings. The maximum absolute atomic E-state index is 13.2. The van der Waals surface area contributed by atoms with Gasteiger partial charge in [-0.1, -0.05) is 6.42 Å². The molecule has 1 saturated heterocycles. The monoisotopic (exact) mass is 530 g/mol. The van der Waals surface area contributed by atoms with Gasteiger partial charge >= 0.3 is 0 Å². The molecule has 5 rings (SSSR count). The molecule has 1 aliphatic carbocycles. The van der Waals surface area contributed by atoms with E-state index in [1.54, 1.807) is 28.4 Å². The van der Waals surface area contributed by atoms with Crippen LogP contribution in [0.2, 0.25) is 0 Å². The van der Waals surface area contributed by atoms with Gasteiger partial charge in [-0.15, -0.1) is 5.10 Å². The molecular weight excluding hydrogens is 498 g/mol. The number of hydrogen-bond donors (Lipinski definition) is 2. The van der Waals surface area contributed by atoms with Crippen molar-refractivity contribution in [2.24, 2.45) is 13.0 Å². The molecule has 2 aliphatic rings. The van der Waals surface area contributed by atoms with Crippen molar-refractivity contribution in [1.82, 2.24) is 34.6 Å². The van der Waals surface area contributed by atoms with Crippen molar-refractivity contribution in [1.29, 1.82) is 0 Å². The number of carbonyl (C=O) groups excluding carboxylic acids is 2. The van der Waals surface area contributed by atoms with Gasteiger partial charge in [0.1, 0.15) is 11.4 Å². The molecule has 1 unspecified atom stereocenters. The Kier molecular flexibility index (Phi) is 6.93. The summed E-state index contributed by atoms with van der Waals surface area (Å²) < 4.78 is 29.8. The number of hydrogen-bond acceptors (Lipinski definition) is 6. The molecule has 0 spiro atoms. The van der Waals surface area contributed by atoms with Gasteiger partial charge in [0.15, 0.2) is 11.3 Å². The van der Waals surface area contributed by atoms with Gasteiger partial charge in [-0.25, -0.2) is 23.0 Å². The van der Waals surface area contributed by atoms with E-state index in [-0.39, 0.29) is 34.8 Å². The third-order valence-electron chi connectivity index (χ3n) is 7.88. The first-order chi connectivity index (χ1) is 18.2. The van der Waals surface area contributed by atoms with Gasteiger partial charge in [0.05, 0.1) is 18.8 Å². The third-order valence-corrected chi connectivity index (χ3v) is 7.88. The van der Waals surface area contributed by atoms with E-state index in [0.29, 0.717) is 42.6 Å². The lowest BCUT2D eigenvalue weighted by molar-refractivity contribution is 0.0884. The molecule has 2 amide bonds. The number of aromatic nitrogens is 5. The Morgan fingerprint density at radius 2 is 1.95 bits per heavy atom. The molecule has 2 atom stereocenters. The highest BCUT2D eigenvalue weighted by atomic mass is 19.3. The molecule has 4 heterocycles. The lowest BCUT2D eigenvalue weighted by atomic mass is 9.80. The molecule has 204 valence electrons. The number of rotatable bonds is 8. The van der Waals surface area contributed by atoms with Gasteiger partial charge in [-0.3, -0.25) is 19.1 Å². The fourth-order valence-corrected chi connectivity index (χ4v) is 5.36. The van der Waals surface area contributed by atoms with Gasteiger partial charge in [0.2, 0.25) is 0 Å². The van der Waals surface area contributed by atoms with E-state index in [9.17, 15) is 23.2 Å². The maximum Gasteiger partial charge on any atom is 0.280 e. The summed E-state index contributed by atoms with van der Waals surface area (Å²) in [6, 6.07) is 3.29. The summed E-state index contributed by atoms with van der Waals surface area (Å²) in [6.07, 6.45) is 2.65. The van der Waals surface area contributed by atoms with E-state index in [2.05, 4.69) is 20.7 Å². The normalized spacial score (nSPS) is 18.7. The zero-order valence-corrected chi connectivity index (χ0v) is 21.7. The minimum atomic E-state index is -2.66. The van der Waals surface area contributed by atoms with E-state index >= 15 is 0 Å². The van der Waals surface area contributed by atoms with Crippen molar-refractivity contribution in [3.8, 4) is 0 Å². The molecule has 0 radical (unpaired) electrons. The van der Waals surface area contributed by atoms with Crippen LogP contribution in [0.3, 0.4) is 0 Å². The topological polar surface area (TPSA) is 119 Å². The highest BCUT2D eigenvalue weighted by Gasteiger charge is 2.32. The summed E-state index contributed by atoms with van der Waals surface area (Å²) in [6.45, 7) is 4.14. The first-order valence-electron chi connectivity index (χ1n) is 12.9. The van der Waals surface area contributed by atoms with Crippen LogP contribution in [0.5, 0.6) is 0 Å². The van der Waals surface area contributed by atoms with Crippen LogP contribution in [0.4, 0.5) is 14.6 Å². The second-order valence-corrected chi connectivity index (χ2v) is 10.2. The fraction of sp³-hybridized carbons (Fsp3) is 0.560. The molecule has 38 heavy (non-hydrogen) atoms. The summed E-state index contributed by atoms with van der Waals surface area (Å²) >= 11 is 0. The predicted molar refractivity (Wildman–Crippen MR) is 136 cm³/mol. The van der Waals surface area contributed by atoms with Crippen molar-refractivity contribution >= 4 is 23.3 Å². The number of alkyl halides is 2. The van der Waals surface area contributed by atoms with Crippen molar-refractivity contribution in [2.45, 2.75) is 58.0 Å². The Bertz CT molecular complexity index is 1420. The predicted octanol–water partition coefficient (Wildman–Crippen LogP) is 1.90. The first-order valence-corrected chi connectivity index (χ1v) is 12.9. The second-order valence-electron chi connectivity index (χ2n) is 10.2. The van der Waals surface area contributed by atoms with Gasteiger partial charge in [-0.2, -0.15) is 0 Å². The maximum atomic E-state index is 13.2. The third kappa shape index (κ3) is 4.65. The van der Waals surface area contributed by atoms with E-state index in [0.717, 1.165) is 12.8 Å². The molecule has 1 aliphatic heterocycles. The van der Waals surface area contributed by atoms with Crippen molar-refractivity contribution in [3.05, 3.63) is 45.6 Å². The lowest BCUT2D eigenvalue weighted by Crippen LogP contribution is -2.40. The molecule has 11 nitrogen and oxygen atoms in total. The Morgan fingerprint density at radius 1 is 1.18 bits per heavy atom. The number of nitrogens with zero attached hydrogens (tertiary/aromatic N) is 6. The molecule has 3 aromatic heterocycles. The quantitative estimate of drug-likeness (QED) is 0.459. The molecule has 2 N–H and O–H groups in total. The zero-order valence-electron chi connectivity index (χ0n) is 21.7. The summed E-state index contributed by atoms with van der Waals surface area (Å²) in [5, 5.41) is 9.67. The SMILES string of the molecule is Cc1c(C(=O)N[C@H]2CCN(c3ccc4ncc(C(=O)NCC(F)F)n4n3)C2)c(=O)n(C(C)C2CCC2)n1C. The lowest BCUT2D eigenvalue weighted by Gasteiger charge is -2.32. The van der Waals surface area contributed by atoms with Crippen LogP contribution in [0.1, 0.15) is 65.2 Å². The Morgan fingerprint density at radius 3 is 2.63 bits per heavy atom. The molecule has 2 fully saturated rings. The van der Waals surface area contributed by atoms with Crippen LogP contribution in [0.25, 0.3) is 5.65 Å². The number of fused-ring (bicyclic) bond motifs is 1. The fourth-order valence-electron chi connectivity index (χ4n) is 5.36. The van der Waals surface area contributed by atoms with E-state index in [4.69, 9.17) is 0 Å². The average molecular weight is 531 g/mol. The number of nitrogens with one attached hydrogen (secondary N) is 2. The zero-order chi connectivity index (χ0) is 27.1. The standard InChI is InChI=1S/C25H32F2N8O3/c1-14(16-5-4-6-16)35-25(38)22(15(2)32(35)3)24(37)30-17-9-10-33(13-17)21-8-7-20-28-11-18(34(20)31-21)23(36)29-12-19(26)27/h7-8,11,14,16-17,19H,4-6,9-10,12-13H2,1-3H3,(H,29,36)(H,30,37)/t14?,17-/m0/s1. The van der Waals surface area contributed by atoms with Gasteiger partial charge in [0.25, 0.3) is 23.8 Å². The Labute approximate surface area is 217 Å². The molecule has 0 bridgehead atoms. The number of imidazole rings is 1. The highest BCUT2D eigenvalue weighted by molar-refractivity contribution is 5.95. The van der Waals surface area contributed by atoms with Gasteiger partial charge in [0, 0.05) is 31.9 Å². The van der Waals surface area contributed by atoms with E-state index in [1.165, 1.54) is 17.1 Å². The molecule has 13 heteroatoms. The summed E-state index contributed by atoms with van der Waals surface area (Å²) in [5.74, 6) is -0.0611. The molecule has 1 saturated carbocycles. The Balaban J connectivity index is 1.28. The summed E-state index contributed by atoms with van der Waals surface area (Å²) in [4.78, 5) is 44.9. The average Bonchev–Trinajstić information content (AvgIpc) is 3.53. The number of amides is 2. The molecular formula is C25H32F2N8O3. The van der Waals surface area contributed by atoms with Gasteiger partial charge in [-0.05, 0) is 51.2 Å². The van der Waals surface area contributed by atoms with Crippen LogP contribution in [-0.2, 0) is 7.05 Å². The number of halogens is 2. The van der Waals surface area contributed by atoms with Gasteiger partial charge < -0.3 is 15.5 Å². The minimum Gasteiger partial charge on any atom is -0.353 e. The van der Waals surface area contributed by atoms with Crippen molar-refractivity contribution in [2.75, 3.05) is 24.5 Å². The van der Waals surface area contributed by atoms with Crippen LogP contribution < -0.4 is 21.1 Å². The van der Waals surface area contributed by atoms with E-state index < -0.39 is 18.9 Å². The number of carbonyl (C=O) groups is 2. The van der Waals surface area contributed by atoms with E-state index in [1.807, 2.05) is 18.9 Å². The largest absolute Gasteiger partial charge is 0.353 e. The van der Waals surface area contributed by atoms with Crippen LogP contribution >= 0.6 is 0 Å². The van der Waals surface area contributed by atoms with Crippen LogP contribution in [-0.4, -0.2) is 67.9 Å². The first kappa shape index (κ1) is 25.9. The summed E-state index contributed by atoms with van der Waals surface area (Å²) in [5.41, 5.74) is 1.01. The minimum absolute atomic E-state index is 0.0370. The Hall–Kier alpha value is -3.77. The number of anilines is 1. The molecule has 0 aromatic carbocycles.